The van der Waals surface area contributed by atoms with E-state index in [1.807, 2.05) is 42.5 Å². The Labute approximate surface area is 161 Å². The monoisotopic (exact) mass is 370 g/mol. The van der Waals surface area contributed by atoms with Gasteiger partial charge in [0.15, 0.2) is 0 Å². The van der Waals surface area contributed by atoms with Crippen molar-refractivity contribution < 1.29 is 9.59 Å². The molecule has 0 aliphatic carbocycles. The summed E-state index contributed by atoms with van der Waals surface area (Å²) in [6, 6.07) is 22.7. The summed E-state index contributed by atoms with van der Waals surface area (Å²) < 4.78 is 0. The summed E-state index contributed by atoms with van der Waals surface area (Å²) >= 11 is 0. The number of hydrogen-bond acceptors (Lipinski definition) is 3. The first-order valence-electron chi connectivity index (χ1n) is 8.83. The average Bonchev–Trinajstić information content (AvgIpc) is 3.19. The largest absolute Gasteiger partial charge is 0.326 e. The first-order valence-corrected chi connectivity index (χ1v) is 8.83. The molecule has 0 saturated carbocycles. The van der Waals surface area contributed by atoms with Gasteiger partial charge < -0.3 is 10.6 Å². The molecule has 3 aromatic carbocycles. The van der Waals surface area contributed by atoms with E-state index in [1.54, 1.807) is 30.3 Å². The minimum atomic E-state index is -0.286. The number of hydrogen-bond donors (Lipinski definition) is 3. The van der Waals surface area contributed by atoms with Gasteiger partial charge in [-0.2, -0.15) is 5.10 Å². The number of benzene rings is 3. The van der Waals surface area contributed by atoms with Crippen molar-refractivity contribution in [2.75, 3.05) is 10.6 Å². The Bertz CT molecular complexity index is 1160. The molecule has 4 aromatic rings. The summed E-state index contributed by atoms with van der Waals surface area (Å²) in [5, 5.41) is 14.8. The van der Waals surface area contributed by atoms with Crippen molar-refractivity contribution in [2.24, 2.45) is 0 Å². The number of aromatic amines is 1. The highest BCUT2D eigenvalue weighted by Crippen LogP contribution is 2.27. The van der Waals surface area contributed by atoms with E-state index < -0.39 is 0 Å². The predicted molar refractivity (Wildman–Crippen MR) is 110 cm³/mol. The smallest absolute Gasteiger partial charge is 0.273 e. The Morgan fingerprint density at radius 3 is 2.29 bits per heavy atom. The molecule has 0 unspecified atom stereocenters. The molecule has 3 N–H and O–H groups in total. The molecule has 0 atom stereocenters. The second-order valence-electron chi connectivity index (χ2n) is 6.41. The van der Waals surface area contributed by atoms with Crippen LogP contribution in [0.4, 0.5) is 11.4 Å². The Hall–Kier alpha value is -3.93. The summed E-state index contributed by atoms with van der Waals surface area (Å²) in [7, 11) is 0. The predicted octanol–water partition coefficient (Wildman–Crippen LogP) is 4.44. The fraction of sp³-hybridized carbons (Fsp3) is 0.0455. The number of nitrogens with zero attached hydrogens (tertiary/aromatic N) is 1. The Morgan fingerprint density at radius 2 is 1.54 bits per heavy atom. The Kier molecular flexibility index (Phi) is 4.60. The highest BCUT2D eigenvalue weighted by atomic mass is 16.2. The van der Waals surface area contributed by atoms with Crippen LogP contribution in [0.3, 0.4) is 0 Å². The normalized spacial score (nSPS) is 10.6. The zero-order valence-corrected chi connectivity index (χ0v) is 15.2. The maximum absolute atomic E-state index is 12.5. The summed E-state index contributed by atoms with van der Waals surface area (Å²) in [6.07, 6.45) is 0. The Balaban J connectivity index is 1.54. The second-order valence-corrected chi connectivity index (χ2v) is 6.41. The molecular weight excluding hydrogens is 352 g/mol. The molecule has 0 aliphatic heterocycles. The van der Waals surface area contributed by atoms with Gasteiger partial charge in [-0.3, -0.25) is 14.7 Å². The van der Waals surface area contributed by atoms with Crippen molar-refractivity contribution in [3.63, 3.8) is 0 Å². The SMILES string of the molecule is CC(=O)Nc1ccc(NC(=O)c2cc(-c3cccc4ccccc34)n[nH]2)cc1. The summed E-state index contributed by atoms with van der Waals surface area (Å²) in [5.74, 6) is -0.429. The van der Waals surface area contributed by atoms with E-state index in [9.17, 15) is 9.59 Å². The number of aromatic nitrogens is 2. The van der Waals surface area contributed by atoms with Crippen molar-refractivity contribution in [3.05, 3.63) is 78.5 Å². The van der Waals surface area contributed by atoms with Gasteiger partial charge in [-0.1, -0.05) is 42.5 Å². The summed E-state index contributed by atoms with van der Waals surface area (Å²) in [6.45, 7) is 1.45. The van der Waals surface area contributed by atoms with Crippen LogP contribution in [0.15, 0.2) is 72.8 Å². The van der Waals surface area contributed by atoms with Crippen LogP contribution < -0.4 is 10.6 Å². The van der Waals surface area contributed by atoms with Crippen molar-refractivity contribution in [1.82, 2.24) is 10.2 Å². The summed E-state index contributed by atoms with van der Waals surface area (Å²) in [4.78, 5) is 23.6. The number of fused-ring (bicyclic) bond motifs is 1. The molecule has 138 valence electrons. The van der Waals surface area contributed by atoms with Gasteiger partial charge in [0.25, 0.3) is 5.91 Å². The fourth-order valence-electron chi connectivity index (χ4n) is 3.06. The van der Waals surface area contributed by atoms with Gasteiger partial charge in [0.1, 0.15) is 5.69 Å². The quantitative estimate of drug-likeness (QED) is 0.496. The van der Waals surface area contributed by atoms with Gasteiger partial charge in [0, 0.05) is 23.9 Å². The Morgan fingerprint density at radius 1 is 0.857 bits per heavy atom. The topological polar surface area (TPSA) is 86.9 Å². The molecule has 28 heavy (non-hydrogen) atoms. The third-order valence-electron chi connectivity index (χ3n) is 4.35. The van der Waals surface area contributed by atoms with Crippen molar-refractivity contribution in [1.29, 1.82) is 0 Å². The molecule has 6 nitrogen and oxygen atoms in total. The van der Waals surface area contributed by atoms with Gasteiger partial charge in [0.2, 0.25) is 5.91 Å². The van der Waals surface area contributed by atoms with Gasteiger partial charge in [-0.15, -0.1) is 0 Å². The van der Waals surface area contributed by atoms with E-state index in [-0.39, 0.29) is 11.8 Å². The van der Waals surface area contributed by atoms with E-state index >= 15 is 0 Å². The van der Waals surface area contributed by atoms with Crippen LogP contribution >= 0.6 is 0 Å². The lowest BCUT2D eigenvalue weighted by Crippen LogP contribution is -2.12. The van der Waals surface area contributed by atoms with Gasteiger partial charge >= 0.3 is 0 Å². The molecular formula is C22H18N4O2. The minimum absolute atomic E-state index is 0.143. The number of anilines is 2. The number of amides is 2. The maximum atomic E-state index is 12.5. The van der Waals surface area contributed by atoms with E-state index in [1.165, 1.54) is 6.92 Å². The van der Waals surface area contributed by atoms with Gasteiger partial charge in [0.05, 0.1) is 5.69 Å². The molecule has 0 spiro atoms. The molecule has 0 fully saturated rings. The average molecular weight is 370 g/mol. The van der Waals surface area contributed by atoms with Crippen molar-refractivity contribution >= 4 is 34.0 Å². The highest BCUT2D eigenvalue weighted by molar-refractivity contribution is 6.04. The first-order chi connectivity index (χ1) is 13.6. The minimum Gasteiger partial charge on any atom is -0.326 e. The number of rotatable bonds is 4. The number of H-pyrrole nitrogens is 1. The van der Waals surface area contributed by atoms with Crippen LogP contribution in [0, 0.1) is 0 Å². The van der Waals surface area contributed by atoms with Crippen LogP contribution in [0.5, 0.6) is 0 Å². The number of carbonyl (C=O) groups excluding carboxylic acids is 2. The maximum Gasteiger partial charge on any atom is 0.273 e. The lowest BCUT2D eigenvalue weighted by molar-refractivity contribution is -0.114. The van der Waals surface area contributed by atoms with Crippen LogP contribution in [0.25, 0.3) is 22.0 Å². The molecule has 2 amide bonds. The molecule has 0 aliphatic rings. The van der Waals surface area contributed by atoms with Crippen molar-refractivity contribution in [2.45, 2.75) is 6.92 Å². The van der Waals surface area contributed by atoms with Crippen LogP contribution in [0.1, 0.15) is 17.4 Å². The van der Waals surface area contributed by atoms with E-state index in [0.717, 1.165) is 16.3 Å². The fourth-order valence-corrected chi connectivity index (χ4v) is 3.06. The van der Waals surface area contributed by atoms with Crippen LogP contribution in [-0.4, -0.2) is 22.0 Å². The molecule has 0 bridgehead atoms. The highest BCUT2D eigenvalue weighted by Gasteiger charge is 2.13. The zero-order chi connectivity index (χ0) is 19.5. The molecule has 0 saturated heterocycles. The third kappa shape index (κ3) is 3.61. The van der Waals surface area contributed by atoms with Crippen LogP contribution in [0.2, 0.25) is 0 Å². The van der Waals surface area contributed by atoms with Crippen molar-refractivity contribution in [3.8, 4) is 11.3 Å². The molecule has 6 heteroatoms. The van der Waals surface area contributed by atoms with Crippen LogP contribution in [-0.2, 0) is 4.79 Å². The molecule has 4 rings (SSSR count). The number of carbonyl (C=O) groups is 2. The first kappa shape index (κ1) is 17.5. The lowest BCUT2D eigenvalue weighted by Gasteiger charge is -2.06. The van der Waals surface area contributed by atoms with E-state index in [4.69, 9.17) is 0 Å². The lowest BCUT2D eigenvalue weighted by atomic mass is 10.0. The molecule has 0 radical (unpaired) electrons. The standard InChI is InChI=1S/C22H18N4O2/c1-14(27)23-16-9-11-17(12-10-16)24-22(28)21-13-20(25-26-21)19-8-4-6-15-5-2-3-7-18(15)19/h2-13H,1H3,(H,23,27)(H,24,28)(H,25,26). The zero-order valence-electron chi connectivity index (χ0n) is 15.2. The molecule has 1 heterocycles. The van der Waals surface area contributed by atoms with Gasteiger partial charge in [-0.25, -0.2) is 0 Å². The molecule has 1 aromatic heterocycles. The van der Waals surface area contributed by atoms with Gasteiger partial charge in [-0.05, 0) is 41.1 Å². The van der Waals surface area contributed by atoms with E-state index in [0.29, 0.717) is 22.8 Å². The summed E-state index contributed by atoms with van der Waals surface area (Å²) in [5.41, 5.74) is 3.34. The van der Waals surface area contributed by atoms with E-state index in [2.05, 4.69) is 20.8 Å². The third-order valence-corrected chi connectivity index (χ3v) is 4.35. The second kappa shape index (κ2) is 7.36. The number of nitrogens with one attached hydrogen (secondary N) is 3.